The van der Waals surface area contributed by atoms with Gasteiger partial charge in [-0.1, -0.05) is 18.2 Å². The third-order valence-electron chi connectivity index (χ3n) is 3.80. The summed E-state index contributed by atoms with van der Waals surface area (Å²) in [6, 6.07) is 16.1. The molecule has 2 N–H and O–H groups in total. The van der Waals surface area contributed by atoms with E-state index in [1.165, 1.54) is 0 Å². The Kier molecular flexibility index (Phi) is 2.36. The lowest BCUT2D eigenvalue weighted by Gasteiger charge is -2.34. The molecule has 2 aromatic rings. The van der Waals surface area contributed by atoms with E-state index in [0.717, 1.165) is 22.5 Å². The number of aliphatic imine (C=N–C) groups is 1. The molecule has 0 bridgehead atoms. The summed E-state index contributed by atoms with van der Waals surface area (Å²) in [5, 5.41) is 9.42. The predicted octanol–water partition coefficient (Wildman–Crippen LogP) is 3.24. The zero-order chi connectivity index (χ0) is 14.4. The lowest BCUT2D eigenvalue weighted by molar-refractivity contribution is 1.01. The highest BCUT2D eigenvalue weighted by Crippen LogP contribution is 2.40. The SMILES string of the molecule is N#CC1=Cc2cc(N)ccc2N2C1=NCc1ccccc12. The van der Waals surface area contributed by atoms with Crippen molar-refractivity contribution in [2.75, 3.05) is 10.6 Å². The summed E-state index contributed by atoms with van der Waals surface area (Å²) < 4.78 is 0. The van der Waals surface area contributed by atoms with Crippen LogP contribution in [-0.2, 0) is 6.54 Å². The molecular formula is C17H12N4. The van der Waals surface area contributed by atoms with Gasteiger partial charge in [-0.3, -0.25) is 9.89 Å². The normalized spacial score (nSPS) is 15.1. The second-order valence-electron chi connectivity index (χ2n) is 5.09. The first-order valence-corrected chi connectivity index (χ1v) is 6.72. The number of nitrogen functional groups attached to an aromatic ring is 1. The fourth-order valence-corrected chi connectivity index (χ4v) is 2.85. The van der Waals surface area contributed by atoms with Crippen LogP contribution in [0.5, 0.6) is 0 Å². The lowest BCUT2D eigenvalue weighted by atomic mass is 9.98. The van der Waals surface area contributed by atoms with Crippen LogP contribution in [0.4, 0.5) is 17.1 Å². The van der Waals surface area contributed by atoms with Crippen molar-refractivity contribution in [3.8, 4) is 6.07 Å². The largest absolute Gasteiger partial charge is 0.399 e. The molecule has 0 atom stereocenters. The number of hydrogen-bond acceptors (Lipinski definition) is 4. The summed E-state index contributed by atoms with van der Waals surface area (Å²) in [4.78, 5) is 6.63. The number of nitriles is 1. The molecule has 0 fully saturated rings. The van der Waals surface area contributed by atoms with E-state index in [1.807, 2.05) is 41.3 Å². The molecule has 2 aliphatic heterocycles. The van der Waals surface area contributed by atoms with Crippen LogP contribution in [0.2, 0.25) is 0 Å². The molecule has 0 aromatic heterocycles. The Balaban J connectivity index is 2.02. The van der Waals surface area contributed by atoms with Crippen molar-refractivity contribution in [3.05, 3.63) is 59.2 Å². The van der Waals surface area contributed by atoms with Gasteiger partial charge in [-0.05, 0) is 35.9 Å². The van der Waals surface area contributed by atoms with Gasteiger partial charge in [0.05, 0.1) is 23.5 Å². The Bertz CT molecular complexity index is 855. The van der Waals surface area contributed by atoms with Crippen molar-refractivity contribution in [1.29, 1.82) is 5.26 Å². The standard InChI is InChI=1S/C17H12N4/c18-9-13-7-12-8-14(19)5-6-16(12)21-15-4-2-1-3-11(15)10-20-17(13)21/h1-8H,10,19H2. The van der Waals surface area contributed by atoms with Crippen molar-refractivity contribution in [2.24, 2.45) is 4.99 Å². The molecule has 100 valence electrons. The van der Waals surface area contributed by atoms with Gasteiger partial charge in [-0.25, -0.2) is 0 Å². The first kappa shape index (κ1) is 11.7. The topological polar surface area (TPSA) is 65.4 Å². The first-order chi connectivity index (χ1) is 10.3. The molecule has 0 spiro atoms. The number of anilines is 3. The molecule has 2 aromatic carbocycles. The molecule has 0 amide bonds. The van der Waals surface area contributed by atoms with Crippen molar-refractivity contribution in [3.63, 3.8) is 0 Å². The van der Waals surface area contributed by atoms with Crippen LogP contribution in [0.1, 0.15) is 11.1 Å². The van der Waals surface area contributed by atoms with Crippen LogP contribution in [0, 0.1) is 11.3 Å². The van der Waals surface area contributed by atoms with Gasteiger partial charge < -0.3 is 5.73 Å². The summed E-state index contributed by atoms with van der Waals surface area (Å²) in [7, 11) is 0. The maximum absolute atomic E-state index is 9.42. The molecule has 21 heavy (non-hydrogen) atoms. The fraction of sp³-hybridized carbons (Fsp3) is 0.0588. The smallest absolute Gasteiger partial charge is 0.151 e. The van der Waals surface area contributed by atoms with Crippen molar-refractivity contribution in [2.45, 2.75) is 6.54 Å². The summed E-state index contributed by atoms with van der Waals surface area (Å²) in [5.41, 5.74) is 11.3. The molecule has 0 unspecified atom stereocenters. The number of nitrogens with zero attached hydrogens (tertiary/aromatic N) is 3. The number of rotatable bonds is 0. The van der Waals surface area contributed by atoms with Crippen LogP contribution in [0.15, 0.2) is 53.0 Å². The number of amidine groups is 1. The van der Waals surface area contributed by atoms with Crippen LogP contribution >= 0.6 is 0 Å². The molecule has 4 heteroatoms. The Morgan fingerprint density at radius 2 is 2.00 bits per heavy atom. The second-order valence-corrected chi connectivity index (χ2v) is 5.09. The molecule has 0 aliphatic carbocycles. The molecule has 2 aliphatic rings. The summed E-state index contributed by atoms with van der Waals surface area (Å²) in [5.74, 6) is 0.716. The Hall–Kier alpha value is -3.06. The van der Waals surface area contributed by atoms with Crippen LogP contribution in [0.25, 0.3) is 6.08 Å². The third kappa shape index (κ3) is 1.65. The van der Waals surface area contributed by atoms with Crippen LogP contribution in [-0.4, -0.2) is 5.84 Å². The summed E-state index contributed by atoms with van der Waals surface area (Å²) in [6.45, 7) is 0.603. The van der Waals surface area contributed by atoms with E-state index < -0.39 is 0 Å². The Morgan fingerprint density at radius 1 is 1.14 bits per heavy atom. The zero-order valence-corrected chi connectivity index (χ0v) is 11.2. The number of hydrogen-bond donors (Lipinski definition) is 1. The van der Waals surface area contributed by atoms with Gasteiger partial charge in [0.2, 0.25) is 0 Å². The molecular weight excluding hydrogens is 260 g/mol. The number of fused-ring (bicyclic) bond motifs is 5. The number of nitrogens with two attached hydrogens (primary N) is 1. The average molecular weight is 272 g/mol. The fourth-order valence-electron chi connectivity index (χ4n) is 2.85. The molecule has 4 rings (SSSR count). The highest BCUT2D eigenvalue weighted by molar-refractivity contribution is 6.22. The molecule has 2 heterocycles. The van der Waals surface area contributed by atoms with E-state index in [-0.39, 0.29) is 0 Å². The van der Waals surface area contributed by atoms with Gasteiger partial charge in [0.1, 0.15) is 6.07 Å². The quantitative estimate of drug-likeness (QED) is 0.749. The van der Waals surface area contributed by atoms with Gasteiger partial charge in [-0.15, -0.1) is 0 Å². The van der Waals surface area contributed by atoms with Crippen LogP contribution < -0.4 is 10.6 Å². The molecule has 4 nitrogen and oxygen atoms in total. The maximum Gasteiger partial charge on any atom is 0.151 e. The number of para-hydroxylation sites is 1. The molecule has 0 saturated heterocycles. The lowest BCUT2D eigenvalue weighted by Crippen LogP contribution is -2.33. The average Bonchev–Trinajstić information content (AvgIpc) is 2.53. The third-order valence-corrected chi connectivity index (χ3v) is 3.80. The van der Waals surface area contributed by atoms with Crippen molar-refractivity contribution >= 4 is 29.0 Å². The van der Waals surface area contributed by atoms with E-state index in [4.69, 9.17) is 5.73 Å². The van der Waals surface area contributed by atoms with Gasteiger partial charge in [0, 0.05) is 11.3 Å². The van der Waals surface area contributed by atoms with Gasteiger partial charge in [0.25, 0.3) is 0 Å². The van der Waals surface area contributed by atoms with Gasteiger partial charge >= 0.3 is 0 Å². The Labute approximate surface area is 122 Å². The van der Waals surface area contributed by atoms with Gasteiger partial charge in [-0.2, -0.15) is 5.26 Å². The first-order valence-electron chi connectivity index (χ1n) is 6.72. The highest BCUT2D eigenvalue weighted by atomic mass is 15.2. The van der Waals surface area contributed by atoms with E-state index in [2.05, 4.69) is 23.2 Å². The Morgan fingerprint density at radius 3 is 2.86 bits per heavy atom. The monoisotopic (exact) mass is 272 g/mol. The minimum Gasteiger partial charge on any atom is -0.399 e. The molecule has 0 radical (unpaired) electrons. The second kappa shape index (κ2) is 4.22. The van der Waals surface area contributed by atoms with E-state index in [0.29, 0.717) is 23.6 Å². The summed E-state index contributed by atoms with van der Waals surface area (Å²) in [6.07, 6.45) is 1.86. The predicted molar refractivity (Wildman–Crippen MR) is 84.2 cm³/mol. The zero-order valence-electron chi connectivity index (χ0n) is 11.2. The van der Waals surface area contributed by atoms with Crippen molar-refractivity contribution < 1.29 is 0 Å². The van der Waals surface area contributed by atoms with E-state index >= 15 is 0 Å². The van der Waals surface area contributed by atoms with Crippen molar-refractivity contribution in [1.82, 2.24) is 0 Å². The minimum atomic E-state index is 0.572. The van der Waals surface area contributed by atoms with Crippen LogP contribution in [0.3, 0.4) is 0 Å². The minimum absolute atomic E-state index is 0.572. The van der Waals surface area contributed by atoms with E-state index in [1.54, 1.807) is 0 Å². The highest BCUT2D eigenvalue weighted by Gasteiger charge is 2.30. The summed E-state index contributed by atoms with van der Waals surface area (Å²) >= 11 is 0. The van der Waals surface area contributed by atoms with E-state index in [9.17, 15) is 5.26 Å². The number of benzene rings is 2. The maximum atomic E-state index is 9.42. The molecule has 0 saturated carbocycles. The van der Waals surface area contributed by atoms with Gasteiger partial charge in [0.15, 0.2) is 5.84 Å².